The van der Waals surface area contributed by atoms with Gasteiger partial charge in [-0.25, -0.2) is 17.5 Å². The SMILES string of the molecule is COc1ccc([N+](=O)[O-])cc1S(=O)(=O)NC(C)c1ccccc1F. The van der Waals surface area contributed by atoms with Crippen LogP contribution in [0.4, 0.5) is 10.1 Å². The molecule has 0 heterocycles. The molecule has 7 nitrogen and oxygen atoms in total. The Balaban J connectivity index is 2.42. The van der Waals surface area contributed by atoms with Crippen LogP contribution in [0.1, 0.15) is 18.5 Å². The number of nitro benzene ring substituents is 1. The topological polar surface area (TPSA) is 98.5 Å². The first-order valence-corrected chi connectivity index (χ1v) is 8.33. The molecule has 0 radical (unpaired) electrons. The quantitative estimate of drug-likeness (QED) is 0.635. The van der Waals surface area contributed by atoms with E-state index >= 15 is 0 Å². The van der Waals surface area contributed by atoms with Gasteiger partial charge in [0.25, 0.3) is 5.69 Å². The number of hydrogen-bond acceptors (Lipinski definition) is 5. The van der Waals surface area contributed by atoms with Crippen LogP contribution in [0.15, 0.2) is 47.4 Å². The first kappa shape index (κ1) is 17.8. The fourth-order valence-electron chi connectivity index (χ4n) is 2.17. The fourth-order valence-corrected chi connectivity index (χ4v) is 3.59. The van der Waals surface area contributed by atoms with E-state index in [1.165, 1.54) is 38.3 Å². The van der Waals surface area contributed by atoms with Gasteiger partial charge < -0.3 is 4.74 Å². The maximum absolute atomic E-state index is 13.8. The van der Waals surface area contributed by atoms with Crippen LogP contribution in [0.5, 0.6) is 5.75 Å². The first-order chi connectivity index (χ1) is 11.3. The van der Waals surface area contributed by atoms with E-state index < -0.39 is 32.5 Å². The van der Waals surface area contributed by atoms with E-state index in [1.54, 1.807) is 6.07 Å². The van der Waals surface area contributed by atoms with Crippen LogP contribution in [-0.4, -0.2) is 20.5 Å². The molecule has 1 unspecified atom stereocenters. The lowest BCUT2D eigenvalue weighted by atomic mass is 10.1. The maximum Gasteiger partial charge on any atom is 0.271 e. The first-order valence-electron chi connectivity index (χ1n) is 6.85. The highest BCUT2D eigenvalue weighted by Crippen LogP contribution is 2.29. The number of ether oxygens (including phenoxy) is 1. The zero-order valence-corrected chi connectivity index (χ0v) is 13.7. The van der Waals surface area contributed by atoms with Gasteiger partial charge in [-0.05, 0) is 19.1 Å². The average molecular weight is 354 g/mol. The van der Waals surface area contributed by atoms with Crippen LogP contribution in [-0.2, 0) is 10.0 Å². The van der Waals surface area contributed by atoms with Crippen molar-refractivity contribution in [2.75, 3.05) is 7.11 Å². The molecule has 1 atom stereocenters. The van der Waals surface area contributed by atoms with E-state index in [4.69, 9.17) is 4.74 Å². The minimum Gasteiger partial charge on any atom is -0.495 e. The number of nitro groups is 1. The number of nitrogens with zero attached hydrogens (tertiary/aromatic N) is 1. The van der Waals surface area contributed by atoms with Crippen molar-refractivity contribution in [2.45, 2.75) is 17.9 Å². The third-order valence-corrected chi connectivity index (χ3v) is 4.91. The van der Waals surface area contributed by atoms with Crippen molar-refractivity contribution in [3.8, 4) is 5.75 Å². The summed E-state index contributed by atoms with van der Waals surface area (Å²) in [5.74, 6) is -0.604. The Labute approximate surface area is 138 Å². The summed E-state index contributed by atoms with van der Waals surface area (Å²) in [4.78, 5) is 9.77. The normalized spacial score (nSPS) is 12.6. The molecular formula is C15H15FN2O5S. The Morgan fingerprint density at radius 1 is 1.25 bits per heavy atom. The monoisotopic (exact) mass is 354 g/mol. The fraction of sp³-hybridized carbons (Fsp3) is 0.200. The molecule has 128 valence electrons. The van der Waals surface area contributed by atoms with Crippen LogP contribution in [0.25, 0.3) is 0 Å². The summed E-state index contributed by atoms with van der Waals surface area (Å²) in [5, 5.41) is 10.9. The molecule has 0 saturated heterocycles. The zero-order chi connectivity index (χ0) is 17.9. The molecule has 0 fully saturated rings. The van der Waals surface area contributed by atoms with Crippen LogP contribution < -0.4 is 9.46 Å². The van der Waals surface area contributed by atoms with Gasteiger partial charge >= 0.3 is 0 Å². The van der Waals surface area contributed by atoms with Gasteiger partial charge in [0.05, 0.1) is 12.0 Å². The Kier molecular flexibility index (Phi) is 5.15. The molecule has 0 aliphatic heterocycles. The molecule has 2 aromatic carbocycles. The van der Waals surface area contributed by atoms with Gasteiger partial charge in [-0.3, -0.25) is 10.1 Å². The molecule has 0 amide bonds. The van der Waals surface area contributed by atoms with Gasteiger partial charge in [-0.1, -0.05) is 18.2 Å². The molecule has 24 heavy (non-hydrogen) atoms. The largest absolute Gasteiger partial charge is 0.495 e. The molecule has 0 aromatic heterocycles. The minimum atomic E-state index is -4.17. The van der Waals surface area contributed by atoms with Gasteiger partial charge in [-0.2, -0.15) is 0 Å². The number of hydrogen-bond donors (Lipinski definition) is 1. The van der Waals surface area contributed by atoms with Crippen molar-refractivity contribution >= 4 is 15.7 Å². The summed E-state index contributed by atoms with van der Waals surface area (Å²) in [6.45, 7) is 1.47. The number of halogens is 1. The highest BCUT2D eigenvalue weighted by Gasteiger charge is 2.26. The lowest BCUT2D eigenvalue weighted by Gasteiger charge is -2.16. The van der Waals surface area contributed by atoms with Gasteiger partial charge in [0.1, 0.15) is 16.5 Å². The molecule has 9 heteroatoms. The van der Waals surface area contributed by atoms with Gasteiger partial charge in [-0.15, -0.1) is 0 Å². The number of non-ortho nitro benzene ring substituents is 1. The van der Waals surface area contributed by atoms with Crippen molar-refractivity contribution in [3.05, 3.63) is 64.0 Å². The van der Waals surface area contributed by atoms with Crippen LogP contribution >= 0.6 is 0 Å². The van der Waals surface area contributed by atoms with E-state index in [1.807, 2.05) is 0 Å². The van der Waals surface area contributed by atoms with E-state index in [0.717, 1.165) is 12.1 Å². The maximum atomic E-state index is 13.8. The van der Waals surface area contributed by atoms with Crippen LogP contribution in [0, 0.1) is 15.9 Å². The van der Waals surface area contributed by atoms with Crippen molar-refractivity contribution in [2.24, 2.45) is 0 Å². The predicted octanol–water partition coefficient (Wildman–Crippen LogP) is 2.78. The molecule has 0 spiro atoms. The van der Waals surface area contributed by atoms with Gasteiger partial charge in [0.2, 0.25) is 10.0 Å². The summed E-state index contributed by atoms with van der Waals surface area (Å²) in [7, 11) is -2.92. The van der Waals surface area contributed by atoms with E-state index in [0.29, 0.717) is 0 Å². The van der Waals surface area contributed by atoms with E-state index in [9.17, 15) is 22.9 Å². The Hall–Kier alpha value is -2.52. The van der Waals surface area contributed by atoms with E-state index in [2.05, 4.69) is 4.72 Å². The molecule has 0 aliphatic rings. The Bertz CT molecular complexity index is 870. The number of benzene rings is 2. The number of sulfonamides is 1. The summed E-state index contributed by atoms with van der Waals surface area (Å²) in [6.07, 6.45) is 0. The zero-order valence-electron chi connectivity index (χ0n) is 12.9. The average Bonchev–Trinajstić information content (AvgIpc) is 2.54. The molecular weight excluding hydrogens is 339 g/mol. The molecule has 0 saturated carbocycles. The summed E-state index contributed by atoms with van der Waals surface area (Å²) >= 11 is 0. The number of methoxy groups -OCH3 is 1. The van der Waals surface area contributed by atoms with E-state index in [-0.39, 0.29) is 16.2 Å². The predicted molar refractivity (Wildman–Crippen MR) is 84.8 cm³/mol. The number of rotatable bonds is 6. The third kappa shape index (κ3) is 3.69. The molecule has 2 aromatic rings. The Morgan fingerprint density at radius 3 is 2.50 bits per heavy atom. The smallest absolute Gasteiger partial charge is 0.271 e. The lowest BCUT2D eigenvalue weighted by Crippen LogP contribution is -2.28. The molecule has 2 rings (SSSR count). The van der Waals surface area contributed by atoms with Crippen LogP contribution in [0.3, 0.4) is 0 Å². The van der Waals surface area contributed by atoms with Crippen molar-refractivity contribution < 1.29 is 22.5 Å². The number of nitrogens with one attached hydrogen (secondary N) is 1. The standard InChI is InChI=1S/C15H15FN2O5S/c1-10(12-5-3-4-6-13(12)16)17-24(21,22)15-9-11(18(19)20)7-8-14(15)23-2/h3-10,17H,1-2H3. The minimum absolute atomic E-state index is 0.0474. The highest BCUT2D eigenvalue weighted by molar-refractivity contribution is 7.89. The second-order valence-corrected chi connectivity index (χ2v) is 6.64. The third-order valence-electron chi connectivity index (χ3n) is 3.35. The molecule has 0 aliphatic carbocycles. The second-order valence-electron chi connectivity index (χ2n) is 4.96. The Morgan fingerprint density at radius 2 is 1.92 bits per heavy atom. The van der Waals surface area contributed by atoms with Crippen LogP contribution in [0.2, 0.25) is 0 Å². The molecule has 1 N–H and O–H groups in total. The lowest BCUT2D eigenvalue weighted by molar-refractivity contribution is -0.385. The molecule has 0 bridgehead atoms. The highest BCUT2D eigenvalue weighted by atomic mass is 32.2. The van der Waals surface area contributed by atoms with Gasteiger partial charge in [0, 0.05) is 23.7 Å². The van der Waals surface area contributed by atoms with Crippen molar-refractivity contribution in [1.29, 1.82) is 0 Å². The van der Waals surface area contributed by atoms with Gasteiger partial charge in [0.15, 0.2) is 0 Å². The van der Waals surface area contributed by atoms with Crippen molar-refractivity contribution in [3.63, 3.8) is 0 Å². The van der Waals surface area contributed by atoms with Crippen molar-refractivity contribution in [1.82, 2.24) is 4.72 Å². The summed E-state index contributed by atoms with van der Waals surface area (Å²) in [5.41, 5.74) is -0.236. The summed E-state index contributed by atoms with van der Waals surface area (Å²) in [6, 6.07) is 8.09. The second kappa shape index (κ2) is 6.93. The summed E-state index contributed by atoms with van der Waals surface area (Å²) < 4.78 is 46.1.